The van der Waals surface area contributed by atoms with E-state index in [2.05, 4.69) is 72.1 Å². The highest BCUT2D eigenvalue weighted by molar-refractivity contribution is 5.25. The molecule has 0 spiro atoms. The SMILES string of the molecule is CC.CC.CC.CC.CN.CN.c1ccc(Cc2ccccc2)cc1. The van der Waals surface area contributed by atoms with Crippen molar-refractivity contribution in [3.63, 3.8) is 0 Å². The maximum absolute atomic E-state index is 4.50. The Morgan fingerprint density at radius 1 is 0.440 bits per heavy atom. The van der Waals surface area contributed by atoms with Crippen LogP contribution in [-0.4, -0.2) is 14.1 Å². The van der Waals surface area contributed by atoms with E-state index in [1.807, 2.05) is 55.4 Å². The summed E-state index contributed by atoms with van der Waals surface area (Å²) >= 11 is 0. The van der Waals surface area contributed by atoms with Gasteiger partial charge in [0.1, 0.15) is 0 Å². The van der Waals surface area contributed by atoms with E-state index in [0.717, 1.165) is 6.42 Å². The first-order valence-corrected chi connectivity index (χ1v) is 9.68. The molecular formula is C23H46N2. The Labute approximate surface area is 159 Å². The van der Waals surface area contributed by atoms with E-state index < -0.39 is 0 Å². The summed E-state index contributed by atoms with van der Waals surface area (Å²) in [6.07, 6.45) is 1.03. The highest BCUT2D eigenvalue weighted by Gasteiger charge is 1.92. The molecule has 0 radical (unpaired) electrons. The van der Waals surface area contributed by atoms with Gasteiger partial charge in [0.15, 0.2) is 0 Å². The molecule has 0 aliphatic rings. The lowest BCUT2D eigenvalue weighted by Gasteiger charge is -2.00. The van der Waals surface area contributed by atoms with Crippen LogP contribution in [0.15, 0.2) is 60.7 Å². The summed E-state index contributed by atoms with van der Waals surface area (Å²) in [4.78, 5) is 0. The van der Waals surface area contributed by atoms with Crippen molar-refractivity contribution in [2.45, 2.75) is 61.8 Å². The van der Waals surface area contributed by atoms with E-state index in [-0.39, 0.29) is 0 Å². The predicted molar refractivity (Wildman–Crippen MR) is 121 cm³/mol. The van der Waals surface area contributed by atoms with Crippen LogP contribution in [0, 0.1) is 0 Å². The molecule has 0 saturated carbocycles. The minimum absolute atomic E-state index is 1.03. The van der Waals surface area contributed by atoms with E-state index in [9.17, 15) is 0 Å². The molecule has 148 valence electrons. The molecule has 0 saturated heterocycles. The van der Waals surface area contributed by atoms with Crippen LogP contribution in [-0.2, 0) is 6.42 Å². The van der Waals surface area contributed by atoms with Crippen molar-refractivity contribution in [1.29, 1.82) is 0 Å². The van der Waals surface area contributed by atoms with Gasteiger partial charge in [0.2, 0.25) is 0 Å². The zero-order valence-electron chi connectivity index (χ0n) is 18.6. The van der Waals surface area contributed by atoms with Crippen LogP contribution < -0.4 is 11.5 Å². The first kappa shape index (κ1) is 34.6. The molecule has 2 aromatic carbocycles. The zero-order chi connectivity index (χ0) is 20.9. The molecular weight excluding hydrogens is 304 g/mol. The molecule has 2 heteroatoms. The number of hydrogen-bond donors (Lipinski definition) is 2. The summed E-state index contributed by atoms with van der Waals surface area (Å²) < 4.78 is 0. The van der Waals surface area contributed by atoms with Crippen molar-refractivity contribution in [2.24, 2.45) is 11.5 Å². The van der Waals surface area contributed by atoms with Crippen LogP contribution in [0.25, 0.3) is 0 Å². The molecule has 0 unspecified atom stereocenters. The maximum atomic E-state index is 4.50. The quantitative estimate of drug-likeness (QED) is 0.646. The monoisotopic (exact) mass is 350 g/mol. The Morgan fingerprint density at radius 3 is 0.840 bits per heavy atom. The van der Waals surface area contributed by atoms with Gasteiger partial charge in [-0.25, -0.2) is 0 Å². The highest BCUT2D eigenvalue weighted by atomic mass is 14.4. The van der Waals surface area contributed by atoms with Crippen molar-refractivity contribution in [3.05, 3.63) is 71.8 Å². The topological polar surface area (TPSA) is 52.0 Å². The third-order valence-electron chi connectivity index (χ3n) is 2.09. The van der Waals surface area contributed by atoms with Gasteiger partial charge in [-0.2, -0.15) is 0 Å². The first-order valence-electron chi connectivity index (χ1n) is 9.68. The van der Waals surface area contributed by atoms with Gasteiger partial charge in [-0.15, -0.1) is 0 Å². The summed E-state index contributed by atoms with van der Waals surface area (Å²) in [7, 11) is 3.00. The molecule has 2 rings (SSSR count). The average Bonchev–Trinajstić information content (AvgIpc) is 2.78. The van der Waals surface area contributed by atoms with E-state index >= 15 is 0 Å². The maximum Gasteiger partial charge on any atom is -0.00258 e. The average molecular weight is 351 g/mol. The second-order valence-corrected chi connectivity index (χ2v) is 3.15. The van der Waals surface area contributed by atoms with Crippen molar-refractivity contribution >= 4 is 0 Å². The van der Waals surface area contributed by atoms with Crippen molar-refractivity contribution < 1.29 is 0 Å². The van der Waals surface area contributed by atoms with Crippen LogP contribution >= 0.6 is 0 Å². The second kappa shape index (κ2) is 43.2. The van der Waals surface area contributed by atoms with Gasteiger partial charge in [-0.3, -0.25) is 0 Å². The largest absolute Gasteiger partial charge is 0.333 e. The molecule has 0 aliphatic heterocycles. The smallest absolute Gasteiger partial charge is 0.00258 e. The van der Waals surface area contributed by atoms with Gasteiger partial charge in [0.25, 0.3) is 0 Å². The molecule has 0 atom stereocenters. The Bertz CT molecular complexity index is 321. The van der Waals surface area contributed by atoms with Crippen molar-refractivity contribution in [3.8, 4) is 0 Å². The minimum atomic E-state index is 1.03. The van der Waals surface area contributed by atoms with Gasteiger partial charge in [0, 0.05) is 0 Å². The van der Waals surface area contributed by atoms with E-state index in [1.54, 1.807) is 0 Å². The molecule has 0 bridgehead atoms. The third kappa shape index (κ3) is 27.5. The van der Waals surface area contributed by atoms with Crippen LogP contribution in [0.2, 0.25) is 0 Å². The van der Waals surface area contributed by atoms with Crippen molar-refractivity contribution in [1.82, 2.24) is 0 Å². The van der Waals surface area contributed by atoms with Gasteiger partial charge in [-0.05, 0) is 31.6 Å². The van der Waals surface area contributed by atoms with Crippen LogP contribution in [0.4, 0.5) is 0 Å². The van der Waals surface area contributed by atoms with Gasteiger partial charge in [0.05, 0.1) is 0 Å². The number of rotatable bonds is 2. The van der Waals surface area contributed by atoms with Gasteiger partial charge >= 0.3 is 0 Å². The zero-order valence-corrected chi connectivity index (χ0v) is 18.6. The van der Waals surface area contributed by atoms with Crippen LogP contribution in [0.1, 0.15) is 66.5 Å². The third-order valence-corrected chi connectivity index (χ3v) is 2.09. The molecule has 2 nitrogen and oxygen atoms in total. The molecule has 25 heavy (non-hydrogen) atoms. The van der Waals surface area contributed by atoms with Crippen LogP contribution in [0.3, 0.4) is 0 Å². The summed E-state index contributed by atoms with van der Waals surface area (Å²) in [5.74, 6) is 0. The summed E-state index contributed by atoms with van der Waals surface area (Å²) in [5.41, 5.74) is 11.7. The van der Waals surface area contributed by atoms with Crippen LogP contribution in [0.5, 0.6) is 0 Å². The molecule has 4 N–H and O–H groups in total. The van der Waals surface area contributed by atoms with E-state index in [4.69, 9.17) is 0 Å². The first-order chi connectivity index (χ1) is 12.4. The summed E-state index contributed by atoms with van der Waals surface area (Å²) in [5, 5.41) is 0. The minimum Gasteiger partial charge on any atom is -0.333 e. The molecule has 0 amide bonds. The predicted octanol–water partition coefficient (Wildman–Crippen LogP) is 6.53. The molecule has 0 aliphatic carbocycles. The van der Waals surface area contributed by atoms with E-state index in [0.29, 0.717) is 0 Å². The Hall–Kier alpha value is -1.64. The van der Waals surface area contributed by atoms with Gasteiger partial charge in [-0.1, -0.05) is 116 Å². The fraction of sp³-hybridized carbons (Fsp3) is 0.478. The van der Waals surface area contributed by atoms with Gasteiger partial charge < -0.3 is 11.5 Å². The molecule has 2 aromatic rings. The molecule has 0 heterocycles. The fourth-order valence-corrected chi connectivity index (χ4v) is 1.43. The molecule has 0 aromatic heterocycles. The normalized spacial score (nSPS) is 6.56. The number of hydrogen-bond acceptors (Lipinski definition) is 2. The second-order valence-electron chi connectivity index (χ2n) is 3.15. The Balaban J connectivity index is -0.0000000952. The summed E-state index contributed by atoms with van der Waals surface area (Å²) in [6.45, 7) is 16.0. The molecule has 0 fully saturated rings. The number of benzene rings is 2. The number of nitrogens with two attached hydrogens (primary N) is 2. The highest BCUT2D eigenvalue weighted by Crippen LogP contribution is 2.07. The summed E-state index contributed by atoms with van der Waals surface area (Å²) in [6, 6.07) is 21.1. The lowest BCUT2D eigenvalue weighted by Crippen LogP contribution is -1.85. The van der Waals surface area contributed by atoms with E-state index in [1.165, 1.54) is 25.2 Å². The standard InChI is InChI=1S/C13H12.4C2H6.2CH5N/c1-3-7-12(8-4-1)11-13-9-5-2-6-10-13;6*1-2/h1-10H,11H2;4*1-2H3;2*2H2,1H3. The lowest BCUT2D eigenvalue weighted by molar-refractivity contribution is 1.19. The Morgan fingerprint density at radius 2 is 0.640 bits per heavy atom. The fourth-order valence-electron chi connectivity index (χ4n) is 1.43. The van der Waals surface area contributed by atoms with Crippen molar-refractivity contribution in [2.75, 3.05) is 14.1 Å². The lowest BCUT2D eigenvalue weighted by atomic mass is 10.1. The Kier molecular flexibility index (Phi) is 59.9.